The van der Waals surface area contributed by atoms with Gasteiger partial charge in [-0.05, 0) is 80.1 Å². The van der Waals surface area contributed by atoms with Crippen LogP contribution in [0, 0.1) is 6.92 Å². The first-order valence-electron chi connectivity index (χ1n) is 13.6. The van der Waals surface area contributed by atoms with Crippen molar-refractivity contribution in [3.05, 3.63) is 95.9 Å². The van der Waals surface area contributed by atoms with Crippen molar-refractivity contribution in [2.45, 2.75) is 26.7 Å². The van der Waals surface area contributed by atoms with Crippen molar-refractivity contribution < 1.29 is 4.74 Å². The van der Waals surface area contributed by atoms with E-state index >= 15 is 0 Å². The third-order valence-corrected chi connectivity index (χ3v) is 8.29. The van der Waals surface area contributed by atoms with E-state index in [-0.39, 0.29) is 0 Å². The molecule has 0 amide bonds. The van der Waals surface area contributed by atoms with Gasteiger partial charge in [-0.1, -0.05) is 48.9 Å². The largest absolute Gasteiger partial charge is 0.494 e. The first-order chi connectivity index (χ1) is 20.6. The van der Waals surface area contributed by atoms with Crippen LogP contribution in [0.5, 0.6) is 5.75 Å². The summed E-state index contributed by atoms with van der Waals surface area (Å²) >= 11 is 3.21. The minimum absolute atomic E-state index is 0.653. The molecule has 2 aromatic heterocycles. The van der Waals surface area contributed by atoms with Crippen LogP contribution < -0.4 is 4.74 Å². The van der Waals surface area contributed by atoms with Crippen LogP contribution in [0.25, 0.3) is 20.3 Å². The van der Waals surface area contributed by atoms with E-state index in [4.69, 9.17) is 4.74 Å². The van der Waals surface area contributed by atoms with E-state index in [1.54, 1.807) is 22.7 Å². The van der Waals surface area contributed by atoms with Crippen molar-refractivity contribution >= 4 is 76.5 Å². The lowest BCUT2D eigenvalue weighted by Crippen LogP contribution is -1.95. The van der Waals surface area contributed by atoms with Crippen molar-refractivity contribution in [2.75, 3.05) is 6.61 Å². The molecule has 0 bridgehead atoms. The summed E-state index contributed by atoms with van der Waals surface area (Å²) in [5, 5.41) is 29.1. The summed E-state index contributed by atoms with van der Waals surface area (Å²) in [6, 6.07) is 29.1. The van der Waals surface area contributed by atoms with E-state index < -0.39 is 0 Å². The molecular formula is C32H27N7OS2. The van der Waals surface area contributed by atoms with Gasteiger partial charge in [-0.25, -0.2) is 4.98 Å². The molecule has 42 heavy (non-hydrogen) atoms. The van der Waals surface area contributed by atoms with E-state index in [0.29, 0.717) is 10.8 Å². The molecule has 6 rings (SSSR count). The molecule has 0 spiro atoms. The molecule has 0 atom stereocenters. The monoisotopic (exact) mass is 589 g/mol. The minimum atomic E-state index is 0.653. The minimum Gasteiger partial charge on any atom is -0.494 e. The lowest BCUT2D eigenvalue weighted by molar-refractivity contribution is 0.309. The Morgan fingerprint density at radius 3 is 1.81 bits per heavy atom. The Bertz CT molecular complexity index is 1870. The number of unbranched alkanes of at least 4 members (excludes halogenated alkanes) is 1. The number of azo groups is 3. The van der Waals surface area contributed by atoms with Crippen LogP contribution in [0.4, 0.5) is 33.6 Å². The van der Waals surface area contributed by atoms with Crippen LogP contribution in [-0.2, 0) is 0 Å². The van der Waals surface area contributed by atoms with Gasteiger partial charge < -0.3 is 4.74 Å². The molecule has 0 aliphatic heterocycles. The quantitative estimate of drug-likeness (QED) is 0.117. The van der Waals surface area contributed by atoms with E-state index in [1.165, 1.54) is 4.88 Å². The van der Waals surface area contributed by atoms with Crippen LogP contribution in [0.2, 0.25) is 0 Å². The first-order valence-corrected chi connectivity index (χ1v) is 15.2. The topological polar surface area (TPSA) is 96.3 Å². The molecule has 0 N–H and O–H groups in total. The van der Waals surface area contributed by atoms with Crippen molar-refractivity contribution in [3.8, 4) is 5.75 Å². The van der Waals surface area contributed by atoms with Crippen LogP contribution in [0.1, 0.15) is 24.6 Å². The Hall–Kier alpha value is -4.67. The maximum absolute atomic E-state index is 5.73. The standard InChI is InChI=1S/C32H27N7OS2/c1-3-4-19-40-25-15-13-24(14-16-25)35-38-29-18-17-28(26-7-5-6-8-27(26)29)37-34-22-9-11-23(12-10-22)36-39-32-33-31-30(42-32)20-21(2)41-31/h5-18,20H,3-4,19H2,1-2H3. The van der Waals surface area contributed by atoms with Crippen LogP contribution in [0.3, 0.4) is 0 Å². The second-order valence-corrected chi connectivity index (χ2v) is 11.7. The predicted molar refractivity (Wildman–Crippen MR) is 172 cm³/mol. The number of nitrogens with zero attached hydrogens (tertiary/aromatic N) is 7. The molecule has 6 aromatic rings. The van der Waals surface area contributed by atoms with Gasteiger partial charge in [-0.15, -0.1) is 31.8 Å². The third-order valence-electron chi connectivity index (χ3n) is 6.33. The van der Waals surface area contributed by atoms with E-state index in [9.17, 15) is 0 Å². The zero-order valence-electron chi connectivity index (χ0n) is 23.1. The predicted octanol–water partition coefficient (Wildman–Crippen LogP) is 12.2. The van der Waals surface area contributed by atoms with Gasteiger partial charge >= 0.3 is 0 Å². The number of aromatic nitrogens is 1. The summed E-state index contributed by atoms with van der Waals surface area (Å²) in [5.41, 5.74) is 3.71. The Kier molecular flexibility index (Phi) is 8.43. The highest BCUT2D eigenvalue weighted by molar-refractivity contribution is 7.28. The molecule has 0 aliphatic rings. The smallest absolute Gasteiger partial charge is 0.231 e. The maximum atomic E-state index is 5.73. The zero-order chi connectivity index (χ0) is 28.7. The van der Waals surface area contributed by atoms with E-state index in [0.717, 1.165) is 68.3 Å². The highest BCUT2D eigenvalue weighted by Crippen LogP contribution is 2.36. The lowest BCUT2D eigenvalue weighted by Gasteiger charge is -2.05. The van der Waals surface area contributed by atoms with Gasteiger partial charge in [0.1, 0.15) is 10.6 Å². The fourth-order valence-corrected chi connectivity index (χ4v) is 6.11. The fraction of sp³-hybridized carbons (Fsp3) is 0.156. The van der Waals surface area contributed by atoms with Crippen molar-refractivity contribution in [1.29, 1.82) is 0 Å². The average molecular weight is 590 g/mol. The number of thiophene rings is 1. The molecule has 0 saturated heterocycles. The van der Waals surface area contributed by atoms with Gasteiger partial charge in [-0.2, -0.15) is 10.2 Å². The SMILES string of the molecule is CCCCOc1ccc(N=Nc2ccc(N=Nc3ccc(N=Nc4nc5sc(C)cc5s4)cc3)c3ccccc23)cc1. The summed E-state index contributed by atoms with van der Waals surface area (Å²) in [4.78, 5) is 6.78. The number of thiazole rings is 1. The number of benzene rings is 4. The number of ether oxygens (including phenoxy) is 1. The Morgan fingerprint density at radius 1 is 0.667 bits per heavy atom. The second kappa shape index (κ2) is 12.9. The number of aryl methyl sites for hydroxylation is 1. The molecule has 208 valence electrons. The van der Waals surface area contributed by atoms with Crippen molar-refractivity contribution in [3.63, 3.8) is 0 Å². The third kappa shape index (κ3) is 6.62. The van der Waals surface area contributed by atoms with Crippen LogP contribution in [0.15, 0.2) is 122 Å². The van der Waals surface area contributed by atoms with Crippen molar-refractivity contribution in [1.82, 2.24) is 4.98 Å². The van der Waals surface area contributed by atoms with Crippen LogP contribution in [-0.4, -0.2) is 11.6 Å². The van der Waals surface area contributed by atoms with Gasteiger partial charge in [0.25, 0.3) is 0 Å². The van der Waals surface area contributed by atoms with Gasteiger partial charge in [0, 0.05) is 15.6 Å². The molecule has 0 saturated carbocycles. The molecular weight excluding hydrogens is 563 g/mol. The molecule has 4 aromatic carbocycles. The van der Waals surface area contributed by atoms with Crippen LogP contribution >= 0.6 is 22.7 Å². The number of rotatable bonds is 10. The van der Waals surface area contributed by atoms with Crippen molar-refractivity contribution in [2.24, 2.45) is 30.7 Å². The maximum Gasteiger partial charge on any atom is 0.231 e. The summed E-state index contributed by atoms with van der Waals surface area (Å²) in [5.74, 6) is 0.840. The number of fused-ring (bicyclic) bond motifs is 2. The summed E-state index contributed by atoms with van der Waals surface area (Å²) in [6.45, 7) is 4.94. The molecule has 0 aliphatic carbocycles. The molecule has 8 nitrogen and oxygen atoms in total. The summed E-state index contributed by atoms with van der Waals surface area (Å²) in [6.07, 6.45) is 2.14. The Balaban J connectivity index is 1.14. The molecule has 0 fully saturated rings. The summed E-state index contributed by atoms with van der Waals surface area (Å²) < 4.78 is 6.87. The Morgan fingerprint density at radius 2 is 1.24 bits per heavy atom. The molecule has 10 heteroatoms. The first kappa shape index (κ1) is 27.5. The van der Waals surface area contributed by atoms with E-state index in [2.05, 4.69) is 55.6 Å². The lowest BCUT2D eigenvalue weighted by atomic mass is 10.1. The number of hydrogen-bond donors (Lipinski definition) is 0. The van der Waals surface area contributed by atoms with Gasteiger partial charge in [0.2, 0.25) is 5.13 Å². The fourth-order valence-electron chi connectivity index (χ4n) is 4.18. The van der Waals surface area contributed by atoms with E-state index in [1.807, 2.05) is 84.9 Å². The number of hydrogen-bond acceptors (Lipinski definition) is 10. The normalized spacial score (nSPS) is 12.0. The average Bonchev–Trinajstić information content (AvgIpc) is 3.56. The zero-order valence-corrected chi connectivity index (χ0v) is 24.8. The van der Waals surface area contributed by atoms with Gasteiger partial charge in [-0.3, -0.25) is 0 Å². The van der Waals surface area contributed by atoms with Gasteiger partial charge in [0.05, 0.1) is 39.7 Å². The van der Waals surface area contributed by atoms with Gasteiger partial charge in [0.15, 0.2) is 0 Å². The Labute approximate surface area is 251 Å². The summed E-state index contributed by atoms with van der Waals surface area (Å²) in [7, 11) is 0. The molecule has 2 heterocycles. The molecule has 0 unspecified atom stereocenters. The second-order valence-electron chi connectivity index (χ2n) is 9.48. The highest BCUT2D eigenvalue weighted by Gasteiger charge is 2.07. The molecule has 0 radical (unpaired) electrons. The highest BCUT2D eigenvalue weighted by atomic mass is 32.1.